The maximum absolute atomic E-state index is 12.5. The number of anilines is 1. The number of nitrogens with zero attached hydrogens (tertiary/aromatic N) is 3. The maximum atomic E-state index is 12.5. The largest absolute Gasteiger partial charge is 0.345 e. The molecule has 8 heteroatoms. The molecule has 3 heterocycles. The summed E-state index contributed by atoms with van der Waals surface area (Å²) < 4.78 is 5.17. The summed E-state index contributed by atoms with van der Waals surface area (Å²) in [6.45, 7) is 1.75. The van der Waals surface area contributed by atoms with Crippen LogP contribution in [0.4, 0.5) is 5.69 Å². The Hall–Kier alpha value is -3.00. The van der Waals surface area contributed by atoms with Crippen LogP contribution in [-0.2, 0) is 0 Å². The fourth-order valence-corrected chi connectivity index (χ4v) is 3.00. The summed E-state index contributed by atoms with van der Waals surface area (Å²) in [5.41, 5.74) is 2.82. The van der Waals surface area contributed by atoms with Crippen molar-refractivity contribution in [1.82, 2.24) is 20.1 Å². The zero-order chi connectivity index (χ0) is 15.8. The average molecular weight is 325 g/mol. The molecule has 0 unspecified atom stereocenters. The third-order valence-corrected chi connectivity index (χ3v) is 4.22. The minimum Gasteiger partial charge on any atom is -0.345 e. The van der Waals surface area contributed by atoms with Crippen molar-refractivity contribution in [3.05, 3.63) is 47.4 Å². The van der Waals surface area contributed by atoms with Gasteiger partial charge >= 0.3 is 0 Å². The van der Waals surface area contributed by atoms with Gasteiger partial charge in [-0.3, -0.25) is 4.79 Å². The number of fused-ring (bicyclic) bond motifs is 1. The molecule has 7 nitrogen and oxygen atoms in total. The molecular formula is C15H11N5O2S. The molecule has 1 amide bonds. The molecule has 3 aromatic heterocycles. The SMILES string of the molecule is Cc1noc(-c2sccc2NC(=O)c2ccc3nc[nH]c3c2)n1. The topological polar surface area (TPSA) is 96.7 Å². The van der Waals surface area contributed by atoms with Gasteiger partial charge < -0.3 is 14.8 Å². The number of aromatic amines is 1. The van der Waals surface area contributed by atoms with E-state index in [0.29, 0.717) is 23.0 Å². The highest BCUT2D eigenvalue weighted by atomic mass is 32.1. The van der Waals surface area contributed by atoms with E-state index in [2.05, 4.69) is 25.4 Å². The summed E-state index contributed by atoms with van der Waals surface area (Å²) in [4.78, 5) is 24.5. The van der Waals surface area contributed by atoms with E-state index in [1.807, 2.05) is 11.4 Å². The van der Waals surface area contributed by atoms with Crippen molar-refractivity contribution in [2.45, 2.75) is 6.92 Å². The van der Waals surface area contributed by atoms with Crippen LogP contribution in [0.25, 0.3) is 21.8 Å². The second kappa shape index (κ2) is 5.33. The third-order valence-electron chi connectivity index (χ3n) is 3.32. The lowest BCUT2D eigenvalue weighted by Gasteiger charge is -2.04. The van der Waals surface area contributed by atoms with Crippen molar-refractivity contribution in [1.29, 1.82) is 0 Å². The highest BCUT2D eigenvalue weighted by Crippen LogP contribution is 2.32. The second-order valence-corrected chi connectivity index (χ2v) is 5.81. The van der Waals surface area contributed by atoms with Gasteiger partial charge in [0.15, 0.2) is 5.82 Å². The molecule has 0 radical (unpaired) electrons. The molecule has 0 aliphatic heterocycles. The number of carbonyl (C=O) groups is 1. The Morgan fingerprint density at radius 2 is 2.26 bits per heavy atom. The van der Waals surface area contributed by atoms with E-state index in [9.17, 15) is 4.79 Å². The van der Waals surface area contributed by atoms with Gasteiger partial charge in [0.2, 0.25) is 0 Å². The van der Waals surface area contributed by atoms with Crippen molar-refractivity contribution in [2.24, 2.45) is 0 Å². The first-order chi connectivity index (χ1) is 11.2. The van der Waals surface area contributed by atoms with Crippen LogP contribution in [0.3, 0.4) is 0 Å². The van der Waals surface area contributed by atoms with E-state index in [1.165, 1.54) is 11.3 Å². The molecule has 0 spiro atoms. The molecule has 0 aliphatic carbocycles. The molecule has 23 heavy (non-hydrogen) atoms. The number of benzene rings is 1. The Labute approximate surface area is 134 Å². The molecule has 0 aliphatic rings. The average Bonchev–Trinajstić information content (AvgIpc) is 3.26. The summed E-state index contributed by atoms with van der Waals surface area (Å²) >= 11 is 1.43. The first-order valence-electron chi connectivity index (χ1n) is 6.83. The Morgan fingerprint density at radius 1 is 1.35 bits per heavy atom. The van der Waals surface area contributed by atoms with Gasteiger partial charge in [-0.05, 0) is 36.6 Å². The van der Waals surface area contributed by atoms with Crippen molar-refractivity contribution in [2.75, 3.05) is 5.32 Å². The standard InChI is InChI=1S/C15H11N5O2S/c1-8-18-15(22-20-8)13-11(4-5-23-13)19-14(21)9-2-3-10-12(6-9)17-7-16-10/h2-7H,1H3,(H,16,17)(H,19,21). The number of aromatic nitrogens is 4. The highest BCUT2D eigenvalue weighted by molar-refractivity contribution is 7.14. The molecular weight excluding hydrogens is 314 g/mol. The molecule has 1 aromatic carbocycles. The number of rotatable bonds is 3. The predicted molar refractivity (Wildman–Crippen MR) is 86.4 cm³/mol. The predicted octanol–water partition coefficient (Wildman–Crippen LogP) is 3.24. The lowest BCUT2D eigenvalue weighted by Crippen LogP contribution is -2.11. The number of imidazole rings is 1. The molecule has 0 saturated heterocycles. The number of hydrogen-bond acceptors (Lipinski definition) is 6. The van der Waals surface area contributed by atoms with Crippen LogP contribution in [0.1, 0.15) is 16.2 Å². The van der Waals surface area contributed by atoms with Gasteiger partial charge in [0.1, 0.15) is 4.88 Å². The van der Waals surface area contributed by atoms with Crippen LogP contribution in [0.5, 0.6) is 0 Å². The second-order valence-electron chi connectivity index (χ2n) is 4.90. The number of amides is 1. The van der Waals surface area contributed by atoms with E-state index in [4.69, 9.17) is 4.52 Å². The summed E-state index contributed by atoms with van der Waals surface area (Å²) in [5.74, 6) is 0.740. The smallest absolute Gasteiger partial charge is 0.270 e. The highest BCUT2D eigenvalue weighted by Gasteiger charge is 2.16. The van der Waals surface area contributed by atoms with Gasteiger partial charge in [-0.1, -0.05) is 5.16 Å². The van der Waals surface area contributed by atoms with Crippen LogP contribution in [0.15, 0.2) is 40.5 Å². The summed E-state index contributed by atoms with van der Waals surface area (Å²) in [5, 5.41) is 8.52. The van der Waals surface area contributed by atoms with Gasteiger partial charge in [0.05, 0.1) is 23.0 Å². The summed E-state index contributed by atoms with van der Waals surface area (Å²) in [6.07, 6.45) is 1.60. The summed E-state index contributed by atoms with van der Waals surface area (Å²) in [7, 11) is 0. The molecule has 4 rings (SSSR count). The first kappa shape index (κ1) is 13.6. The van der Waals surface area contributed by atoms with E-state index >= 15 is 0 Å². The van der Waals surface area contributed by atoms with Crippen LogP contribution in [-0.4, -0.2) is 26.0 Å². The molecule has 2 N–H and O–H groups in total. The molecule has 0 atom stereocenters. The molecule has 4 aromatic rings. The fraction of sp³-hybridized carbons (Fsp3) is 0.0667. The number of hydrogen-bond donors (Lipinski definition) is 2. The first-order valence-corrected chi connectivity index (χ1v) is 7.71. The Bertz CT molecular complexity index is 1000. The van der Waals surface area contributed by atoms with E-state index in [1.54, 1.807) is 31.5 Å². The van der Waals surface area contributed by atoms with Crippen LogP contribution in [0, 0.1) is 6.92 Å². The van der Waals surface area contributed by atoms with Gasteiger partial charge in [-0.2, -0.15) is 4.98 Å². The molecule has 114 valence electrons. The minimum atomic E-state index is -0.211. The number of aryl methyl sites for hydroxylation is 1. The Morgan fingerprint density at radius 3 is 3.09 bits per heavy atom. The van der Waals surface area contributed by atoms with Crippen molar-refractivity contribution >= 4 is 34.0 Å². The number of thiophene rings is 1. The normalized spacial score (nSPS) is 11.0. The minimum absolute atomic E-state index is 0.211. The van der Waals surface area contributed by atoms with Gasteiger partial charge in [0, 0.05) is 5.56 Å². The zero-order valence-electron chi connectivity index (χ0n) is 12.0. The maximum Gasteiger partial charge on any atom is 0.270 e. The molecule has 0 bridgehead atoms. The van der Waals surface area contributed by atoms with Crippen LogP contribution < -0.4 is 5.32 Å². The van der Waals surface area contributed by atoms with E-state index in [-0.39, 0.29) is 5.91 Å². The van der Waals surface area contributed by atoms with Gasteiger partial charge in [-0.15, -0.1) is 11.3 Å². The Kier molecular flexibility index (Phi) is 3.16. The lowest BCUT2D eigenvalue weighted by atomic mass is 10.2. The van der Waals surface area contributed by atoms with Crippen LogP contribution in [0.2, 0.25) is 0 Å². The molecule has 0 saturated carbocycles. The number of H-pyrrole nitrogens is 1. The third kappa shape index (κ3) is 2.49. The molecule has 0 fully saturated rings. The van der Waals surface area contributed by atoms with Gasteiger partial charge in [-0.25, -0.2) is 4.98 Å². The fourth-order valence-electron chi connectivity index (χ4n) is 2.23. The number of nitrogens with one attached hydrogen (secondary N) is 2. The van der Waals surface area contributed by atoms with Crippen molar-refractivity contribution in [3.63, 3.8) is 0 Å². The van der Waals surface area contributed by atoms with Crippen LogP contribution >= 0.6 is 11.3 Å². The Balaban J connectivity index is 1.63. The quantitative estimate of drug-likeness (QED) is 0.603. The monoisotopic (exact) mass is 325 g/mol. The van der Waals surface area contributed by atoms with Gasteiger partial charge in [0.25, 0.3) is 11.8 Å². The van der Waals surface area contributed by atoms with E-state index < -0.39 is 0 Å². The van der Waals surface area contributed by atoms with Crippen molar-refractivity contribution in [3.8, 4) is 10.8 Å². The summed E-state index contributed by atoms with van der Waals surface area (Å²) in [6, 6.07) is 7.12. The van der Waals surface area contributed by atoms with Crippen molar-refractivity contribution < 1.29 is 9.32 Å². The lowest BCUT2D eigenvalue weighted by molar-refractivity contribution is 0.102. The van der Waals surface area contributed by atoms with E-state index in [0.717, 1.165) is 15.9 Å². The zero-order valence-corrected chi connectivity index (χ0v) is 12.8. The number of carbonyl (C=O) groups excluding carboxylic acids is 1.